The number of ketones is 1. The number of allylic oxidation sites excluding steroid dienone is 2. The second-order valence-corrected chi connectivity index (χ2v) is 4.81. The van der Waals surface area contributed by atoms with Crippen molar-refractivity contribution in [3.05, 3.63) is 53.6 Å². The zero-order valence-corrected chi connectivity index (χ0v) is 12.3. The van der Waals surface area contributed by atoms with Crippen LogP contribution >= 0.6 is 0 Å². The largest absolute Gasteiger partial charge is 0.491 e. The summed E-state index contributed by atoms with van der Waals surface area (Å²) >= 11 is 0. The maximum absolute atomic E-state index is 12.4. The molecule has 1 aromatic carbocycles. The fourth-order valence-electron chi connectivity index (χ4n) is 2.13. The topological polar surface area (TPSA) is 76.0 Å². The molecule has 5 heteroatoms. The molecule has 0 radical (unpaired) electrons. The van der Waals surface area contributed by atoms with Crippen LogP contribution in [-0.2, 0) is 4.74 Å². The van der Waals surface area contributed by atoms with Crippen molar-refractivity contribution in [1.29, 1.82) is 0 Å². The van der Waals surface area contributed by atoms with E-state index in [9.17, 15) is 4.79 Å². The molecule has 1 aromatic rings. The Hall–Kier alpha value is -1.95. The molecule has 0 heterocycles. The number of ether oxygens (including phenoxy) is 2. The van der Waals surface area contributed by atoms with Crippen LogP contribution in [0.5, 0.6) is 5.75 Å². The van der Waals surface area contributed by atoms with Gasteiger partial charge in [-0.25, -0.2) is 0 Å². The molecule has 0 saturated carbocycles. The molecule has 0 saturated heterocycles. The maximum atomic E-state index is 12.4. The van der Waals surface area contributed by atoms with Crippen molar-refractivity contribution >= 4 is 5.78 Å². The van der Waals surface area contributed by atoms with Gasteiger partial charge in [-0.1, -0.05) is 18.2 Å². The lowest BCUT2D eigenvalue weighted by Crippen LogP contribution is -2.16. The standard InChI is InChI=1S/C17H20O5/c18-9-11-21-15-5-1-13(2-6-15)17(20)14-3-7-16(8-4-14)22-12-10-19/h1-7,16,18-19H,8-12H2. The highest BCUT2D eigenvalue weighted by Crippen LogP contribution is 2.19. The number of carbonyl (C=O) groups is 1. The van der Waals surface area contributed by atoms with Crippen LogP contribution in [0.15, 0.2) is 48.1 Å². The monoisotopic (exact) mass is 304 g/mol. The third-order valence-corrected chi connectivity index (χ3v) is 3.22. The lowest BCUT2D eigenvalue weighted by atomic mass is 9.97. The van der Waals surface area contributed by atoms with Crippen LogP contribution in [0.3, 0.4) is 0 Å². The van der Waals surface area contributed by atoms with Gasteiger partial charge in [0.1, 0.15) is 12.4 Å². The van der Waals surface area contributed by atoms with E-state index < -0.39 is 0 Å². The summed E-state index contributed by atoms with van der Waals surface area (Å²) < 4.78 is 10.6. The van der Waals surface area contributed by atoms with Crippen molar-refractivity contribution in [3.63, 3.8) is 0 Å². The normalized spacial score (nSPS) is 17.2. The molecule has 0 spiro atoms. The number of hydrogen-bond acceptors (Lipinski definition) is 5. The zero-order chi connectivity index (χ0) is 15.8. The minimum Gasteiger partial charge on any atom is -0.491 e. The van der Waals surface area contributed by atoms with E-state index in [4.69, 9.17) is 19.7 Å². The molecule has 1 aliphatic carbocycles. The van der Waals surface area contributed by atoms with Gasteiger partial charge in [0.15, 0.2) is 5.78 Å². The molecule has 0 fully saturated rings. The molecule has 2 rings (SSSR count). The first kappa shape index (κ1) is 16.4. The molecule has 0 amide bonds. The van der Waals surface area contributed by atoms with Gasteiger partial charge in [0.05, 0.1) is 25.9 Å². The fraction of sp³-hybridized carbons (Fsp3) is 0.353. The molecule has 1 aliphatic rings. The third kappa shape index (κ3) is 4.53. The highest BCUT2D eigenvalue weighted by molar-refractivity contribution is 6.10. The van der Waals surface area contributed by atoms with Gasteiger partial charge in [0.2, 0.25) is 0 Å². The van der Waals surface area contributed by atoms with Crippen molar-refractivity contribution in [2.75, 3.05) is 26.4 Å². The molecule has 0 bridgehead atoms. The molecular formula is C17H20O5. The van der Waals surface area contributed by atoms with E-state index in [1.807, 2.05) is 12.2 Å². The number of benzene rings is 1. The molecule has 2 N–H and O–H groups in total. The Bertz CT molecular complexity index is 545. The van der Waals surface area contributed by atoms with Crippen LogP contribution in [-0.4, -0.2) is 48.5 Å². The van der Waals surface area contributed by atoms with Crippen molar-refractivity contribution in [2.24, 2.45) is 0 Å². The highest BCUT2D eigenvalue weighted by Gasteiger charge is 2.15. The maximum Gasteiger partial charge on any atom is 0.192 e. The van der Waals surface area contributed by atoms with Gasteiger partial charge in [-0.15, -0.1) is 0 Å². The van der Waals surface area contributed by atoms with Gasteiger partial charge >= 0.3 is 0 Å². The summed E-state index contributed by atoms with van der Waals surface area (Å²) in [5, 5.41) is 17.4. The van der Waals surface area contributed by atoms with Crippen LogP contribution < -0.4 is 4.74 Å². The van der Waals surface area contributed by atoms with Gasteiger partial charge in [0.25, 0.3) is 0 Å². The van der Waals surface area contributed by atoms with Crippen molar-refractivity contribution in [1.82, 2.24) is 0 Å². The Labute approximate surface area is 129 Å². The van der Waals surface area contributed by atoms with E-state index >= 15 is 0 Å². The lowest BCUT2D eigenvalue weighted by Gasteiger charge is -2.16. The minimum absolute atomic E-state index is 0.00938. The van der Waals surface area contributed by atoms with Crippen LogP contribution in [0.1, 0.15) is 16.8 Å². The van der Waals surface area contributed by atoms with E-state index in [0.29, 0.717) is 29.9 Å². The van der Waals surface area contributed by atoms with E-state index in [0.717, 1.165) is 0 Å². The molecule has 0 aromatic heterocycles. The first-order valence-electron chi connectivity index (χ1n) is 7.24. The second-order valence-electron chi connectivity index (χ2n) is 4.81. The Morgan fingerprint density at radius 2 is 1.86 bits per heavy atom. The van der Waals surface area contributed by atoms with Crippen LogP contribution in [0, 0.1) is 0 Å². The summed E-state index contributed by atoms with van der Waals surface area (Å²) in [4.78, 5) is 12.4. The summed E-state index contributed by atoms with van der Waals surface area (Å²) in [6.07, 6.45) is 5.97. The Morgan fingerprint density at radius 1 is 1.14 bits per heavy atom. The average molecular weight is 304 g/mol. The molecule has 5 nitrogen and oxygen atoms in total. The van der Waals surface area contributed by atoms with Crippen molar-refractivity contribution in [3.8, 4) is 5.75 Å². The minimum atomic E-state index is -0.0852. The number of hydrogen-bond donors (Lipinski definition) is 2. The van der Waals surface area contributed by atoms with E-state index in [2.05, 4.69) is 0 Å². The Morgan fingerprint density at radius 3 is 2.45 bits per heavy atom. The van der Waals surface area contributed by atoms with Crippen LogP contribution in [0.2, 0.25) is 0 Å². The summed E-state index contributed by atoms with van der Waals surface area (Å²) in [7, 11) is 0. The Balaban J connectivity index is 1.94. The molecule has 1 unspecified atom stereocenters. The SMILES string of the molecule is O=C(C1=CCC(OCCO)C=C1)c1ccc(OCCO)cc1. The van der Waals surface area contributed by atoms with E-state index in [-0.39, 0.29) is 31.7 Å². The predicted molar refractivity (Wildman–Crippen MR) is 82.0 cm³/mol. The molecule has 22 heavy (non-hydrogen) atoms. The van der Waals surface area contributed by atoms with Gasteiger partial charge < -0.3 is 19.7 Å². The number of rotatable bonds is 8. The number of Topliss-reactive ketones (excluding diaryl/α,β-unsaturated/α-hetero) is 1. The van der Waals surface area contributed by atoms with Gasteiger partial charge in [-0.3, -0.25) is 4.79 Å². The highest BCUT2D eigenvalue weighted by atomic mass is 16.5. The van der Waals surface area contributed by atoms with E-state index in [1.54, 1.807) is 30.3 Å². The number of carbonyl (C=O) groups excluding carboxylic acids is 1. The first-order valence-corrected chi connectivity index (χ1v) is 7.24. The molecule has 0 aliphatic heterocycles. The summed E-state index contributed by atoms with van der Waals surface area (Å²) in [6.45, 7) is 0.472. The first-order chi connectivity index (χ1) is 10.7. The lowest BCUT2D eigenvalue weighted by molar-refractivity contribution is 0.0554. The van der Waals surface area contributed by atoms with Crippen LogP contribution in [0.4, 0.5) is 0 Å². The molecule has 118 valence electrons. The van der Waals surface area contributed by atoms with E-state index in [1.165, 1.54) is 0 Å². The van der Waals surface area contributed by atoms with Gasteiger partial charge in [0, 0.05) is 11.1 Å². The quantitative estimate of drug-likeness (QED) is 0.712. The van der Waals surface area contributed by atoms with Crippen LogP contribution in [0.25, 0.3) is 0 Å². The number of aliphatic hydroxyl groups is 2. The molecule has 1 atom stereocenters. The van der Waals surface area contributed by atoms with Crippen molar-refractivity contribution in [2.45, 2.75) is 12.5 Å². The van der Waals surface area contributed by atoms with Gasteiger partial charge in [-0.05, 0) is 30.7 Å². The summed E-state index contributed by atoms with van der Waals surface area (Å²) in [5.41, 5.74) is 1.22. The molecular weight excluding hydrogens is 284 g/mol. The zero-order valence-electron chi connectivity index (χ0n) is 12.3. The second kappa shape index (κ2) is 8.48. The van der Waals surface area contributed by atoms with Gasteiger partial charge in [-0.2, -0.15) is 0 Å². The Kier molecular flexibility index (Phi) is 6.33. The average Bonchev–Trinajstić information content (AvgIpc) is 2.58. The summed E-state index contributed by atoms with van der Waals surface area (Å²) in [6, 6.07) is 6.84. The fourth-order valence-corrected chi connectivity index (χ4v) is 2.13. The number of aliphatic hydroxyl groups excluding tert-OH is 2. The predicted octanol–water partition coefficient (Wildman–Crippen LogP) is 1.50. The smallest absolute Gasteiger partial charge is 0.192 e. The van der Waals surface area contributed by atoms with Crippen molar-refractivity contribution < 1.29 is 24.5 Å². The third-order valence-electron chi connectivity index (χ3n) is 3.22. The summed E-state index contributed by atoms with van der Waals surface area (Å²) in [5.74, 6) is 0.571.